The quantitative estimate of drug-likeness (QED) is 0.0527. The van der Waals surface area contributed by atoms with Gasteiger partial charge in [-0.25, -0.2) is 13.1 Å². The van der Waals surface area contributed by atoms with Gasteiger partial charge in [0.2, 0.25) is 10.0 Å². The number of nitrogens with one attached hydrogen (secondary N) is 1. The lowest BCUT2D eigenvalue weighted by molar-refractivity contribution is 0.0105. The zero-order valence-corrected chi connectivity index (χ0v) is 45.9. The highest BCUT2D eigenvalue weighted by Gasteiger charge is 2.46. The Kier molecular flexibility index (Phi) is 22.0. The molecule has 1 rings (SSSR count). The van der Waals surface area contributed by atoms with Crippen LogP contribution in [0.4, 0.5) is 0 Å². The fourth-order valence-electron chi connectivity index (χ4n) is 6.24. The van der Waals surface area contributed by atoms with Crippen LogP contribution in [0.25, 0.3) is 0 Å². The Morgan fingerprint density at radius 3 is 1.47 bits per heavy atom. The van der Waals surface area contributed by atoms with Gasteiger partial charge < -0.3 is 13.3 Å². The predicted molar refractivity (Wildman–Crippen MR) is 258 cm³/mol. The number of unbranched alkanes of at least 4 members (excludes halogenated alkanes) is 7. The van der Waals surface area contributed by atoms with Crippen molar-refractivity contribution in [1.29, 1.82) is 0 Å². The second-order valence-corrected chi connectivity index (χ2v) is 40.0. The largest absolute Gasteiger partial charge is 0.415 e. The van der Waals surface area contributed by atoms with E-state index in [0.29, 0.717) is 18.4 Å². The molecule has 0 bridgehead atoms. The molecule has 0 aliphatic carbocycles. The fourth-order valence-corrected chi connectivity index (χ4v) is 11.9. The second kappa shape index (κ2) is 23.0. The van der Waals surface area contributed by atoms with Gasteiger partial charge in [0.1, 0.15) is 6.10 Å². The molecule has 0 radical (unpaired) electrons. The summed E-state index contributed by atoms with van der Waals surface area (Å²) in [5.41, 5.74) is 0.945. The predicted octanol–water partition coefficient (Wildman–Crippen LogP) is 12.7. The van der Waals surface area contributed by atoms with E-state index in [1.54, 1.807) is 24.3 Å². The molecule has 0 amide bonds. The Morgan fingerprint density at radius 1 is 0.627 bits per heavy atom. The first kappa shape index (κ1) is 56.6. The second-order valence-electron chi connectivity index (χ2n) is 22.3. The minimum absolute atomic E-state index is 0.0190. The number of benzene rings is 1. The Labute approximate surface area is 368 Å². The molecular formula is C45H91NO8S2Si3. The van der Waals surface area contributed by atoms with Crippen molar-refractivity contribution in [2.45, 2.75) is 237 Å². The molecule has 0 aliphatic heterocycles. The summed E-state index contributed by atoms with van der Waals surface area (Å²) in [5.74, 6) is 0.616. The van der Waals surface area contributed by atoms with Crippen LogP contribution in [0.3, 0.4) is 0 Å². The lowest BCUT2D eigenvalue weighted by Gasteiger charge is -2.44. The minimum atomic E-state index is -4.05. The Hall–Kier alpha value is -0.429. The average Bonchev–Trinajstić information content (AvgIpc) is 3.03. The summed E-state index contributed by atoms with van der Waals surface area (Å²) >= 11 is 0. The maximum absolute atomic E-state index is 14.1. The van der Waals surface area contributed by atoms with E-state index in [2.05, 4.69) is 120 Å². The van der Waals surface area contributed by atoms with Crippen molar-refractivity contribution in [3.05, 3.63) is 29.8 Å². The molecule has 4 atom stereocenters. The Morgan fingerprint density at radius 2 is 1.05 bits per heavy atom. The summed E-state index contributed by atoms with van der Waals surface area (Å²) in [4.78, 5) is 0.127. The summed E-state index contributed by atoms with van der Waals surface area (Å²) in [7, 11) is -14.8. The van der Waals surface area contributed by atoms with Gasteiger partial charge in [-0.1, -0.05) is 145 Å². The smallest absolute Gasteiger partial charge is 0.264 e. The van der Waals surface area contributed by atoms with Crippen LogP contribution in [0.5, 0.6) is 0 Å². The number of aryl methyl sites for hydroxylation is 1. The summed E-state index contributed by atoms with van der Waals surface area (Å²) in [6, 6.07) is 5.80. The van der Waals surface area contributed by atoms with E-state index in [0.717, 1.165) is 56.8 Å². The third-order valence-electron chi connectivity index (χ3n) is 13.1. The molecule has 0 fully saturated rings. The lowest BCUT2D eigenvalue weighted by Crippen LogP contribution is -2.59. The summed E-state index contributed by atoms with van der Waals surface area (Å²) in [5, 5.41) is -0.173. The van der Waals surface area contributed by atoms with Gasteiger partial charge in [0.25, 0.3) is 10.1 Å². The number of rotatable bonds is 27. The molecule has 0 aromatic heterocycles. The zero-order chi connectivity index (χ0) is 45.9. The molecule has 0 aliphatic rings. The van der Waals surface area contributed by atoms with Gasteiger partial charge in [0, 0.05) is 6.10 Å². The van der Waals surface area contributed by atoms with Gasteiger partial charge in [-0.15, -0.1) is 0 Å². The van der Waals surface area contributed by atoms with Crippen LogP contribution in [0, 0.1) is 12.8 Å². The van der Waals surface area contributed by atoms with Crippen LogP contribution < -0.4 is 4.72 Å². The molecule has 14 heteroatoms. The van der Waals surface area contributed by atoms with E-state index in [4.69, 9.17) is 17.5 Å². The van der Waals surface area contributed by atoms with E-state index in [-0.39, 0.29) is 26.6 Å². The number of hydrogen-bond acceptors (Lipinski definition) is 8. The first-order valence-corrected chi connectivity index (χ1v) is 34.5. The summed E-state index contributed by atoms with van der Waals surface area (Å²) in [6.45, 7) is 39.4. The molecule has 0 spiro atoms. The van der Waals surface area contributed by atoms with Crippen molar-refractivity contribution in [1.82, 2.24) is 4.72 Å². The van der Waals surface area contributed by atoms with Crippen LogP contribution >= 0.6 is 0 Å². The molecule has 9 nitrogen and oxygen atoms in total. The van der Waals surface area contributed by atoms with E-state index >= 15 is 0 Å². The molecule has 59 heavy (non-hydrogen) atoms. The standard InChI is InChI=1S/C45H91NO8S2Si3/c1-36(2)34-38(53-58(16,17)44(7,8)9)28-26-24-22-20-21-23-25-27-29-41(52-55(13,47)48)42(54-59(18,19)45(10,11)12)40(35-51-57(14,15)43(4,5)6)46-56(49,50)39-32-30-37(3)31-33-39/h30-33,36,38,40-42,46H,20-29,34-35H2,1-19H3/t38-,40-,41+,42-/m0/s1. The van der Waals surface area contributed by atoms with Crippen molar-refractivity contribution in [2.24, 2.45) is 5.92 Å². The van der Waals surface area contributed by atoms with Crippen LogP contribution in [0.1, 0.15) is 152 Å². The van der Waals surface area contributed by atoms with Crippen LogP contribution in [-0.4, -0.2) is 79.0 Å². The summed E-state index contributed by atoms with van der Waals surface area (Å²) < 4.78 is 83.6. The maximum atomic E-state index is 14.1. The van der Waals surface area contributed by atoms with Crippen molar-refractivity contribution >= 4 is 45.1 Å². The Bertz CT molecular complexity index is 1590. The van der Waals surface area contributed by atoms with Crippen molar-refractivity contribution in [3.63, 3.8) is 0 Å². The molecule has 0 saturated heterocycles. The van der Waals surface area contributed by atoms with Crippen molar-refractivity contribution < 1.29 is 34.3 Å². The number of hydrogen-bond donors (Lipinski definition) is 1. The molecule has 1 aromatic carbocycles. The van der Waals surface area contributed by atoms with Crippen molar-refractivity contribution in [3.8, 4) is 0 Å². The van der Waals surface area contributed by atoms with E-state index < -0.39 is 63.3 Å². The van der Waals surface area contributed by atoms with E-state index in [1.807, 2.05) is 6.92 Å². The number of sulfonamides is 1. The first-order chi connectivity index (χ1) is 26.5. The molecule has 1 N–H and O–H groups in total. The highest BCUT2D eigenvalue weighted by atomic mass is 32.2. The highest BCUT2D eigenvalue weighted by molar-refractivity contribution is 7.89. The summed E-state index contributed by atoms with van der Waals surface area (Å²) in [6.07, 6.45) is 10.7. The van der Waals surface area contributed by atoms with Crippen molar-refractivity contribution in [2.75, 3.05) is 12.9 Å². The van der Waals surface area contributed by atoms with Gasteiger partial charge in [-0.2, -0.15) is 8.42 Å². The monoisotopic (exact) mass is 922 g/mol. The van der Waals surface area contributed by atoms with Gasteiger partial charge in [0.15, 0.2) is 25.0 Å². The van der Waals surface area contributed by atoms with Crippen LogP contribution in [0.15, 0.2) is 29.2 Å². The first-order valence-electron chi connectivity index (χ1n) is 22.5. The molecule has 1 aromatic rings. The third-order valence-corrected chi connectivity index (χ3v) is 28.7. The SMILES string of the molecule is Cc1ccc(S(=O)(=O)N[C@@H](CO[Si](C)(C)C(C)(C)C)[C@H](O[Si](C)(C)C(C)(C)C)[C@@H](CCCCCCCCCC[C@@H](CC(C)C)O[Si](C)(C)C(C)(C)C)OS(C)(=O)=O)cc1. The zero-order valence-electron chi connectivity index (χ0n) is 41.3. The fraction of sp³-hybridized carbons (Fsp3) is 0.867. The molecular weight excluding hydrogens is 831 g/mol. The van der Waals surface area contributed by atoms with Gasteiger partial charge in [0.05, 0.1) is 29.9 Å². The maximum Gasteiger partial charge on any atom is 0.264 e. The van der Waals surface area contributed by atoms with Gasteiger partial charge in [-0.3, -0.25) is 4.18 Å². The Balaban J connectivity index is 3.24. The van der Waals surface area contributed by atoms with E-state index in [9.17, 15) is 16.8 Å². The highest BCUT2D eigenvalue weighted by Crippen LogP contribution is 2.41. The van der Waals surface area contributed by atoms with E-state index in [1.165, 1.54) is 19.3 Å². The van der Waals surface area contributed by atoms with Crippen LogP contribution in [-0.2, 0) is 37.6 Å². The van der Waals surface area contributed by atoms with Gasteiger partial charge in [-0.05, 0) is 98.6 Å². The van der Waals surface area contributed by atoms with Crippen LogP contribution in [0.2, 0.25) is 54.4 Å². The molecule has 0 heterocycles. The minimum Gasteiger partial charge on any atom is -0.415 e. The third kappa shape index (κ3) is 20.3. The molecule has 348 valence electrons. The lowest BCUT2D eigenvalue weighted by atomic mass is 9.99. The average molecular weight is 923 g/mol. The van der Waals surface area contributed by atoms with Gasteiger partial charge >= 0.3 is 0 Å². The molecule has 0 unspecified atom stereocenters. The normalized spacial score (nSPS) is 16.3. The topological polar surface area (TPSA) is 117 Å². The molecule has 0 saturated carbocycles.